The SMILES string of the molecule is COc1ccccc1CN(C)c1ccc(C(C)N)c(O)c1. The lowest BCUT2D eigenvalue weighted by molar-refractivity contribution is 0.409. The zero-order chi connectivity index (χ0) is 15.4. The molecule has 0 bridgehead atoms. The minimum Gasteiger partial charge on any atom is -0.508 e. The monoisotopic (exact) mass is 286 g/mol. The van der Waals surface area contributed by atoms with E-state index in [-0.39, 0.29) is 11.8 Å². The van der Waals surface area contributed by atoms with Crippen LogP contribution < -0.4 is 15.4 Å². The molecule has 4 heteroatoms. The van der Waals surface area contributed by atoms with E-state index in [0.29, 0.717) is 6.54 Å². The Morgan fingerprint density at radius 1 is 1.24 bits per heavy atom. The number of aromatic hydroxyl groups is 1. The lowest BCUT2D eigenvalue weighted by Crippen LogP contribution is -2.17. The van der Waals surface area contributed by atoms with Crippen LogP contribution in [0.4, 0.5) is 5.69 Å². The zero-order valence-electron chi connectivity index (χ0n) is 12.7. The van der Waals surface area contributed by atoms with Crippen molar-refractivity contribution in [3.8, 4) is 11.5 Å². The van der Waals surface area contributed by atoms with E-state index in [0.717, 1.165) is 22.6 Å². The smallest absolute Gasteiger partial charge is 0.123 e. The van der Waals surface area contributed by atoms with Gasteiger partial charge in [-0.05, 0) is 19.1 Å². The summed E-state index contributed by atoms with van der Waals surface area (Å²) < 4.78 is 5.36. The van der Waals surface area contributed by atoms with Gasteiger partial charge in [-0.15, -0.1) is 0 Å². The third-order valence-corrected chi connectivity index (χ3v) is 3.55. The highest BCUT2D eigenvalue weighted by Gasteiger charge is 2.11. The van der Waals surface area contributed by atoms with Crippen molar-refractivity contribution in [2.45, 2.75) is 19.5 Å². The van der Waals surface area contributed by atoms with Gasteiger partial charge in [-0.25, -0.2) is 0 Å². The van der Waals surface area contributed by atoms with E-state index in [1.165, 1.54) is 0 Å². The second kappa shape index (κ2) is 6.50. The minimum absolute atomic E-state index is 0.182. The van der Waals surface area contributed by atoms with Crippen molar-refractivity contribution in [2.24, 2.45) is 5.73 Å². The van der Waals surface area contributed by atoms with Gasteiger partial charge in [-0.3, -0.25) is 0 Å². The fourth-order valence-electron chi connectivity index (χ4n) is 2.33. The Labute approximate surface area is 125 Å². The van der Waals surface area contributed by atoms with Crippen molar-refractivity contribution in [1.29, 1.82) is 0 Å². The number of benzene rings is 2. The largest absolute Gasteiger partial charge is 0.508 e. The number of nitrogens with two attached hydrogens (primary N) is 1. The predicted molar refractivity (Wildman–Crippen MR) is 85.8 cm³/mol. The Morgan fingerprint density at radius 3 is 2.57 bits per heavy atom. The predicted octanol–water partition coefficient (Wildman–Crippen LogP) is 3.06. The van der Waals surface area contributed by atoms with Gasteiger partial charge in [0.1, 0.15) is 11.5 Å². The number of methoxy groups -OCH3 is 1. The topological polar surface area (TPSA) is 58.7 Å². The number of anilines is 1. The maximum Gasteiger partial charge on any atom is 0.123 e. The summed E-state index contributed by atoms with van der Waals surface area (Å²) in [6.07, 6.45) is 0. The van der Waals surface area contributed by atoms with Crippen molar-refractivity contribution in [3.63, 3.8) is 0 Å². The number of para-hydroxylation sites is 1. The van der Waals surface area contributed by atoms with Crippen LogP contribution in [0.2, 0.25) is 0 Å². The Morgan fingerprint density at radius 2 is 1.95 bits per heavy atom. The van der Waals surface area contributed by atoms with Gasteiger partial charge in [-0.1, -0.05) is 24.3 Å². The van der Waals surface area contributed by atoms with Gasteiger partial charge in [0, 0.05) is 42.5 Å². The van der Waals surface area contributed by atoms with Gasteiger partial charge in [0.15, 0.2) is 0 Å². The molecule has 2 aromatic rings. The second-order valence-corrected chi connectivity index (χ2v) is 5.20. The number of ether oxygens (including phenoxy) is 1. The normalized spacial score (nSPS) is 12.0. The highest BCUT2D eigenvalue weighted by atomic mass is 16.5. The van der Waals surface area contributed by atoms with Crippen molar-refractivity contribution < 1.29 is 9.84 Å². The molecule has 21 heavy (non-hydrogen) atoms. The summed E-state index contributed by atoms with van der Waals surface area (Å²) in [5.41, 5.74) is 8.59. The average molecular weight is 286 g/mol. The van der Waals surface area contributed by atoms with E-state index in [4.69, 9.17) is 10.5 Å². The van der Waals surface area contributed by atoms with Gasteiger partial charge in [0.25, 0.3) is 0 Å². The molecule has 4 nitrogen and oxygen atoms in total. The van der Waals surface area contributed by atoms with Gasteiger partial charge >= 0.3 is 0 Å². The van der Waals surface area contributed by atoms with Crippen molar-refractivity contribution >= 4 is 5.69 Å². The van der Waals surface area contributed by atoms with Gasteiger partial charge in [-0.2, -0.15) is 0 Å². The molecule has 0 aliphatic rings. The van der Waals surface area contributed by atoms with Crippen molar-refractivity contribution in [2.75, 3.05) is 19.1 Å². The van der Waals surface area contributed by atoms with E-state index in [1.54, 1.807) is 13.2 Å². The van der Waals surface area contributed by atoms with E-state index in [2.05, 4.69) is 4.90 Å². The Kier molecular flexibility index (Phi) is 4.70. The summed E-state index contributed by atoms with van der Waals surface area (Å²) in [5, 5.41) is 10.0. The van der Waals surface area contributed by atoms with E-state index in [9.17, 15) is 5.11 Å². The van der Waals surface area contributed by atoms with Crippen LogP contribution in [0.5, 0.6) is 11.5 Å². The van der Waals surface area contributed by atoms with Crippen molar-refractivity contribution in [1.82, 2.24) is 0 Å². The van der Waals surface area contributed by atoms with Crippen molar-refractivity contribution in [3.05, 3.63) is 53.6 Å². The number of phenols is 1. The number of hydrogen-bond acceptors (Lipinski definition) is 4. The number of phenolic OH excluding ortho intramolecular Hbond substituents is 1. The molecule has 2 aromatic carbocycles. The first-order valence-corrected chi connectivity index (χ1v) is 6.94. The van der Waals surface area contributed by atoms with E-state index in [1.807, 2.05) is 50.4 Å². The highest BCUT2D eigenvalue weighted by Crippen LogP contribution is 2.29. The molecular formula is C17H22N2O2. The fourth-order valence-corrected chi connectivity index (χ4v) is 2.33. The molecule has 0 saturated heterocycles. The van der Waals surface area contributed by atoms with Crippen LogP contribution in [0.3, 0.4) is 0 Å². The number of hydrogen-bond donors (Lipinski definition) is 2. The van der Waals surface area contributed by atoms with E-state index >= 15 is 0 Å². The molecule has 3 N–H and O–H groups in total. The average Bonchev–Trinajstić information content (AvgIpc) is 2.47. The first-order valence-electron chi connectivity index (χ1n) is 6.94. The zero-order valence-corrected chi connectivity index (χ0v) is 12.7. The van der Waals surface area contributed by atoms with Crippen LogP contribution in [0.25, 0.3) is 0 Å². The molecule has 0 radical (unpaired) electrons. The summed E-state index contributed by atoms with van der Waals surface area (Å²) in [4.78, 5) is 2.06. The lowest BCUT2D eigenvalue weighted by Gasteiger charge is -2.22. The van der Waals surface area contributed by atoms with Crippen LogP contribution in [0, 0.1) is 0 Å². The summed E-state index contributed by atoms with van der Waals surface area (Å²) in [7, 11) is 3.65. The first kappa shape index (κ1) is 15.2. The van der Waals surface area contributed by atoms with Crippen LogP contribution in [-0.4, -0.2) is 19.3 Å². The number of rotatable bonds is 5. The van der Waals surface area contributed by atoms with Gasteiger partial charge in [0.2, 0.25) is 0 Å². The molecule has 112 valence electrons. The summed E-state index contributed by atoms with van der Waals surface area (Å²) >= 11 is 0. The van der Waals surface area contributed by atoms with Gasteiger partial charge in [0.05, 0.1) is 7.11 Å². The molecule has 0 amide bonds. The first-order chi connectivity index (χ1) is 10.0. The number of nitrogens with zero attached hydrogens (tertiary/aromatic N) is 1. The van der Waals surface area contributed by atoms with Crippen LogP contribution in [0.1, 0.15) is 24.1 Å². The molecule has 1 atom stereocenters. The minimum atomic E-state index is -0.182. The molecule has 2 rings (SSSR count). The molecule has 0 aliphatic carbocycles. The third-order valence-electron chi connectivity index (χ3n) is 3.55. The Hall–Kier alpha value is -2.20. The maximum absolute atomic E-state index is 10.0. The van der Waals surface area contributed by atoms with Crippen LogP contribution >= 0.6 is 0 Å². The van der Waals surface area contributed by atoms with E-state index < -0.39 is 0 Å². The fraction of sp³-hybridized carbons (Fsp3) is 0.294. The molecule has 0 aliphatic heterocycles. The standard InChI is InChI=1S/C17H22N2O2/c1-12(18)15-9-8-14(10-16(15)20)19(2)11-13-6-4-5-7-17(13)21-3/h4-10,12,20H,11,18H2,1-3H3. The molecule has 0 saturated carbocycles. The molecule has 0 aromatic heterocycles. The summed E-state index contributed by atoms with van der Waals surface area (Å²) in [6, 6.07) is 13.3. The van der Waals surface area contributed by atoms with Gasteiger partial charge < -0.3 is 20.5 Å². The molecule has 0 fully saturated rings. The Bertz CT molecular complexity index is 611. The summed E-state index contributed by atoms with van der Waals surface area (Å²) in [5.74, 6) is 1.09. The Balaban J connectivity index is 2.20. The third kappa shape index (κ3) is 3.47. The lowest BCUT2D eigenvalue weighted by atomic mass is 10.1. The molecular weight excluding hydrogens is 264 g/mol. The quantitative estimate of drug-likeness (QED) is 0.887. The van der Waals surface area contributed by atoms with Crippen LogP contribution in [0.15, 0.2) is 42.5 Å². The second-order valence-electron chi connectivity index (χ2n) is 5.20. The summed E-state index contributed by atoms with van der Waals surface area (Å²) in [6.45, 7) is 2.55. The molecule has 0 heterocycles. The highest BCUT2D eigenvalue weighted by molar-refractivity contribution is 5.54. The molecule has 0 spiro atoms. The maximum atomic E-state index is 10.0. The van der Waals surface area contributed by atoms with Crippen LogP contribution in [-0.2, 0) is 6.54 Å². The molecule has 1 unspecified atom stereocenters.